The highest BCUT2D eigenvalue weighted by atomic mass is 79.9. The Morgan fingerprint density at radius 1 is 1.00 bits per heavy atom. The monoisotopic (exact) mass is 506 g/mol. The van der Waals surface area contributed by atoms with E-state index in [-0.39, 0.29) is 28.8 Å². The van der Waals surface area contributed by atoms with Crippen molar-refractivity contribution >= 4 is 31.9 Å². The summed E-state index contributed by atoms with van der Waals surface area (Å²) in [5, 5.41) is 0. The lowest BCUT2D eigenvalue weighted by Gasteiger charge is -2.39. The van der Waals surface area contributed by atoms with Gasteiger partial charge in [-0.2, -0.15) is 0 Å². The number of morpholine rings is 1. The minimum atomic E-state index is -3.56. The van der Waals surface area contributed by atoms with E-state index < -0.39 is 10.0 Å². The number of halogens is 1. The molecule has 0 spiro atoms. The van der Waals surface area contributed by atoms with E-state index in [2.05, 4.69) is 20.7 Å². The lowest BCUT2D eigenvalue weighted by atomic mass is 9.85. The van der Waals surface area contributed by atoms with Crippen molar-refractivity contribution in [3.8, 4) is 0 Å². The molecule has 2 aliphatic rings. The van der Waals surface area contributed by atoms with E-state index in [1.165, 1.54) is 0 Å². The van der Waals surface area contributed by atoms with Gasteiger partial charge in [0.15, 0.2) is 0 Å². The zero-order chi connectivity index (χ0) is 21.8. The van der Waals surface area contributed by atoms with Gasteiger partial charge in [0.05, 0.1) is 24.2 Å². The van der Waals surface area contributed by atoms with Crippen LogP contribution in [0.25, 0.3) is 0 Å². The van der Waals surface area contributed by atoms with Crippen molar-refractivity contribution < 1.29 is 17.9 Å². The van der Waals surface area contributed by atoms with Crippen LogP contribution in [0.5, 0.6) is 0 Å². The van der Waals surface area contributed by atoms with Crippen LogP contribution in [0.15, 0.2) is 64.0 Å². The van der Waals surface area contributed by atoms with Crippen molar-refractivity contribution in [2.24, 2.45) is 5.92 Å². The third kappa shape index (κ3) is 5.37. The molecule has 1 atom stereocenters. The second-order valence-corrected chi connectivity index (χ2v) is 10.8. The van der Waals surface area contributed by atoms with Crippen LogP contribution < -0.4 is 4.72 Å². The van der Waals surface area contributed by atoms with Gasteiger partial charge in [-0.3, -0.25) is 4.79 Å². The number of rotatable bonds is 5. The van der Waals surface area contributed by atoms with Crippen molar-refractivity contribution in [1.82, 2.24) is 9.62 Å². The molecule has 2 fully saturated rings. The third-order valence-corrected chi connectivity index (χ3v) is 8.18. The number of nitrogens with one attached hydrogen (secondary N) is 1. The molecule has 0 unspecified atom stereocenters. The van der Waals surface area contributed by atoms with Crippen molar-refractivity contribution in [3.05, 3.63) is 64.6 Å². The fourth-order valence-corrected chi connectivity index (χ4v) is 5.98. The first-order valence-electron chi connectivity index (χ1n) is 10.6. The van der Waals surface area contributed by atoms with Crippen molar-refractivity contribution in [1.29, 1.82) is 0 Å². The summed E-state index contributed by atoms with van der Waals surface area (Å²) in [6, 6.07) is 16.4. The van der Waals surface area contributed by atoms with Crippen LogP contribution in [0.1, 0.15) is 37.3 Å². The molecule has 4 rings (SSSR count). The zero-order valence-electron chi connectivity index (χ0n) is 17.2. The smallest absolute Gasteiger partial charge is 0.240 e. The maximum atomic E-state index is 13.3. The van der Waals surface area contributed by atoms with Crippen LogP contribution in [0.4, 0.5) is 0 Å². The van der Waals surface area contributed by atoms with Crippen LogP contribution in [-0.2, 0) is 19.6 Å². The molecule has 6 nitrogen and oxygen atoms in total. The molecule has 8 heteroatoms. The normalized spacial score (nSPS) is 24.7. The molecular weight excluding hydrogens is 480 g/mol. The van der Waals surface area contributed by atoms with Gasteiger partial charge < -0.3 is 9.64 Å². The molecule has 1 amide bonds. The molecule has 1 aliphatic carbocycles. The van der Waals surface area contributed by atoms with Gasteiger partial charge in [-0.25, -0.2) is 13.1 Å². The molecule has 1 saturated heterocycles. The number of hydrogen-bond acceptors (Lipinski definition) is 4. The first kappa shape index (κ1) is 22.5. The van der Waals surface area contributed by atoms with E-state index in [0.29, 0.717) is 45.4 Å². The molecule has 1 saturated carbocycles. The highest BCUT2D eigenvalue weighted by Gasteiger charge is 2.35. The number of hydrogen-bond donors (Lipinski definition) is 1. The fraction of sp³-hybridized carbons (Fsp3) is 0.435. The molecular formula is C23H27BrN2O4S. The Kier molecular flexibility index (Phi) is 7.11. The maximum Gasteiger partial charge on any atom is 0.240 e. The summed E-state index contributed by atoms with van der Waals surface area (Å²) in [4.78, 5) is 15.5. The van der Waals surface area contributed by atoms with Crippen molar-refractivity contribution in [2.45, 2.75) is 42.7 Å². The van der Waals surface area contributed by atoms with E-state index in [1.54, 1.807) is 24.3 Å². The Morgan fingerprint density at radius 3 is 2.35 bits per heavy atom. The zero-order valence-corrected chi connectivity index (χ0v) is 19.6. The molecule has 166 valence electrons. The minimum absolute atomic E-state index is 0.0592. The molecule has 2 aromatic carbocycles. The lowest BCUT2D eigenvalue weighted by Crippen LogP contribution is -2.47. The molecule has 0 radical (unpaired) electrons. The fourth-order valence-electron chi connectivity index (χ4n) is 4.41. The SMILES string of the molecule is O=C([C@H]1CC[C@H](NS(=O)(=O)c2ccc(Br)cc2)CC1)N1CCOC[C@@H]1c1ccccc1. The van der Waals surface area contributed by atoms with Gasteiger partial charge in [-0.05, 0) is 55.5 Å². The van der Waals surface area contributed by atoms with E-state index >= 15 is 0 Å². The Labute approximate surface area is 192 Å². The van der Waals surface area contributed by atoms with Gasteiger partial charge >= 0.3 is 0 Å². The van der Waals surface area contributed by atoms with Crippen LogP contribution in [0.3, 0.4) is 0 Å². The van der Waals surface area contributed by atoms with Crippen LogP contribution in [0.2, 0.25) is 0 Å². The predicted molar refractivity (Wildman–Crippen MR) is 122 cm³/mol. The quantitative estimate of drug-likeness (QED) is 0.667. The first-order valence-corrected chi connectivity index (χ1v) is 12.9. The average Bonchev–Trinajstić information content (AvgIpc) is 2.80. The molecule has 1 N–H and O–H groups in total. The minimum Gasteiger partial charge on any atom is -0.377 e. The van der Waals surface area contributed by atoms with Gasteiger partial charge in [0.25, 0.3) is 0 Å². The molecule has 31 heavy (non-hydrogen) atoms. The second kappa shape index (κ2) is 9.81. The van der Waals surface area contributed by atoms with Crippen molar-refractivity contribution in [3.63, 3.8) is 0 Å². The molecule has 0 bridgehead atoms. The number of benzene rings is 2. The van der Waals surface area contributed by atoms with E-state index in [0.717, 1.165) is 10.0 Å². The van der Waals surface area contributed by atoms with Crippen LogP contribution in [-0.4, -0.2) is 45.0 Å². The third-order valence-electron chi connectivity index (χ3n) is 6.12. The summed E-state index contributed by atoms with van der Waals surface area (Å²) in [7, 11) is -3.56. The van der Waals surface area contributed by atoms with Crippen LogP contribution >= 0.6 is 15.9 Å². The van der Waals surface area contributed by atoms with E-state index in [1.807, 2.05) is 35.2 Å². The molecule has 1 aliphatic heterocycles. The van der Waals surface area contributed by atoms with Gasteiger partial charge in [0.2, 0.25) is 15.9 Å². The number of amides is 1. The number of ether oxygens (including phenoxy) is 1. The first-order chi connectivity index (χ1) is 14.9. The number of carbonyl (C=O) groups is 1. The van der Waals surface area contributed by atoms with Gasteiger partial charge in [-0.1, -0.05) is 46.3 Å². The molecule has 0 aromatic heterocycles. The summed E-state index contributed by atoms with van der Waals surface area (Å²) >= 11 is 3.32. The largest absolute Gasteiger partial charge is 0.377 e. The Bertz CT molecular complexity index is 990. The number of nitrogens with zero attached hydrogens (tertiary/aromatic N) is 1. The Morgan fingerprint density at radius 2 is 1.68 bits per heavy atom. The second-order valence-electron chi connectivity index (χ2n) is 8.16. The Balaban J connectivity index is 1.36. The molecule has 1 heterocycles. The van der Waals surface area contributed by atoms with E-state index in [9.17, 15) is 13.2 Å². The van der Waals surface area contributed by atoms with Crippen molar-refractivity contribution in [2.75, 3.05) is 19.8 Å². The highest BCUT2D eigenvalue weighted by molar-refractivity contribution is 9.10. The summed E-state index contributed by atoms with van der Waals surface area (Å²) < 4.78 is 34.6. The summed E-state index contributed by atoms with van der Waals surface area (Å²) in [5.74, 6) is 0.0871. The van der Waals surface area contributed by atoms with Gasteiger partial charge in [0.1, 0.15) is 0 Å². The topological polar surface area (TPSA) is 75.7 Å². The standard InChI is InChI=1S/C23H27BrN2O4S/c24-19-8-12-21(13-9-19)31(28,29)25-20-10-6-18(7-11-20)23(27)26-14-15-30-16-22(26)17-4-2-1-3-5-17/h1-5,8-9,12-13,18,20,22,25H,6-7,10-11,14-16H2/t18-,20-,22-/m1/s1. The summed E-state index contributed by atoms with van der Waals surface area (Å²) in [6.07, 6.45) is 2.69. The van der Waals surface area contributed by atoms with Crippen LogP contribution in [0, 0.1) is 5.92 Å². The molecule has 2 aromatic rings. The summed E-state index contributed by atoms with van der Waals surface area (Å²) in [5.41, 5.74) is 1.09. The Hall–Kier alpha value is -1.74. The number of carbonyl (C=O) groups excluding carboxylic acids is 1. The highest BCUT2D eigenvalue weighted by Crippen LogP contribution is 2.32. The number of sulfonamides is 1. The van der Waals surface area contributed by atoms with Gasteiger partial charge in [0, 0.05) is 23.0 Å². The van der Waals surface area contributed by atoms with E-state index in [4.69, 9.17) is 4.74 Å². The maximum absolute atomic E-state index is 13.3. The summed E-state index contributed by atoms with van der Waals surface area (Å²) in [6.45, 7) is 1.66. The average molecular weight is 507 g/mol. The lowest BCUT2D eigenvalue weighted by molar-refractivity contribution is -0.145. The predicted octanol–water partition coefficient (Wildman–Crippen LogP) is 3.89. The van der Waals surface area contributed by atoms with Gasteiger partial charge in [-0.15, -0.1) is 0 Å².